The molecule has 1 aromatic carbocycles. The Hall–Kier alpha value is -0.403. The van der Waals surface area contributed by atoms with Crippen molar-refractivity contribution >= 4 is 14.0 Å². The minimum atomic E-state index is -1.17. The second kappa shape index (κ2) is 7.44. The third-order valence-corrected chi connectivity index (χ3v) is 6.16. The molecule has 0 spiro atoms. The molecule has 2 unspecified atom stereocenters. The van der Waals surface area contributed by atoms with Crippen molar-refractivity contribution in [3.8, 4) is 0 Å². The summed E-state index contributed by atoms with van der Waals surface area (Å²) < 4.78 is 1.07. The monoisotopic (exact) mass is 432 g/mol. The van der Waals surface area contributed by atoms with Crippen molar-refractivity contribution < 1.29 is 33.3 Å². The summed E-state index contributed by atoms with van der Waals surface area (Å²) in [6, 6.07) is 11.1. The maximum atomic E-state index is 11.8. The SMILES string of the molecule is CC(=O)N1CC[N+](C)(C[Si](C)(C)C)C(c2ccccc2)C1.[I-]. The van der Waals surface area contributed by atoms with Gasteiger partial charge in [-0.3, -0.25) is 4.79 Å². The predicted octanol–water partition coefficient (Wildman–Crippen LogP) is -0.0822. The van der Waals surface area contributed by atoms with Crippen LogP contribution in [0.25, 0.3) is 0 Å². The molecule has 2 atom stereocenters. The van der Waals surface area contributed by atoms with Gasteiger partial charge >= 0.3 is 0 Å². The number of hydrogen-bond donors (Lipinski definition) is 0. The lowest BCUT2D eigenvalue weighted by Gasteiger charge is -2.50. The van der Waals surface area contributed by atoms with Gasteiger partial charge in [0.05, 0.1) is 32.8 Å². The Morgan fingerprint density at radius 1 is 1.27 bits per heavy atom. The minimum Gasteiger partial charge on any atom is -1.00 e. The zero-order chi connectivity index (χ0) is 15.7. The third-order valence-electron chi connectivity index (χ3n) is 4.49. The number of carbonyl (C=O) groups is 1. The van der Waals surface area contributed by atoms with E-state index in [4.69, 9.17) is 0 Å². The van der Waals surface area contributed by atoms with Gasteiger partial charge in [0, 0.05) is 12.5 Å². The van der Waals surface area contributed by atoms with E-state index in [1.54, 1.807) is 6.92 Å². The summed E-state index contributed by atoms with van der Waals surface area (Å²) in [4.78, 5) is 13.8. The van der Waals surface area contributed by atoms with Crippen LogP contribution in [-0.4, -0.2) is 56.2 Å². The first kappa shape index (κ1) is 19.6. The quantitative estimate of drug-likeness (QED) is 0.372. The number of quaternary nitrogens is 1. The van der Waals surface area contributed by atoms with Crippen molar-refractivity contribution in [1.29, 1.82) is 0 Å². The highest BCUT2D eigenvalue weighted by Crippen LogP contribution is 2.32. The van der Waals surface area contributed by atoms with Crippen molar-refractivity contribution in [3.05, 3.63) is 35.9 Å². The Bertz CT molecular complexity index is 503. The molecule has 0 aromatic heterocycles. The Balaban J connectivity index is 0.00000242. The van der Waals surface area contributed by atoms with Crippen molar-refractivity contribution in [1.82, 2.24) is 4.90 Å². The highest BCUT2D eigenvalue weighted by Gasteiger charge is 2.42. The average Bonchev–Trinajstić information content (AvgIpc) is 2.37. The highest BCUT2D eigenvalue weighted by molar-refractivity contribution is 6.76. The number of piperazine rings is 1. The molecule has 0 aliphatic carbocycles. The van der Waals surface area contributed by atoms with Gasteiger partial charge < -0.3 is 33.4 Å². The summed E-state index contributed by atoms with van der Waals surface area (Å²) in [7, 11) is 1.21. The maximum Gasteiger partial charge on any atom is 0.219 e. The van der Waals surface area contributed by atoms with E-state index in [0.717, 1.165) is 24.1 Å². The van der Waals surface area contributed by atoms with Crippen molar-refractivity contribution in [3.63, 3.8) is 0 Å². The molecule has 0 saturated carbocycles. The van der Waals surface area contributed by atoms with Gasteiger partial charge in [-0.1, -0.05) is 50.0 Å². The Labute approximate surface area is 153 Å². The molecule has 5 heteroatoms. The lowest BCUT2D eigenvalue weighted by Crippen LogP contribution is -3.00. The van der Waals surface area contributed by atoms with Crippen LogP contribution >= 0.6 is 0 Å². The van der Waals surface area contributed by atoms with Crippen LogP contribution in [0.4, 0.5) is 0 Å². The third kappa shape index (κ3) is 4.79. The van der Waals surface area contributed by atoms with Crippen LogP contribution in [0, 0.1) is 0 Å². The highest BCUT2D eigenvalue weighted by atomic mass is 127. The predicted molar refractivity (Wildman–Crippen MR) is 90.7 cm³/mol. The largest absolute Gasteiger partial charge is 1.00 e. The molecule has 1 aliphatic rings. The summed E-state index contributed by atoms with van der Waals surface area (Å²) in [6.07, 6.45) is 1.26. The number of carbonyl (C=O) groups excluding carboxylic acids is 1. The molecule has 0 radical (unpaired) electrons. The minimum absolute atomic E-state index is 0. The van der Waals surface area contributed by atoms with E-state index < -0.39 is 8.07 Å². The lowest BCUT2D eigenvalue weighted by atomic mass is 10.0. The van der Waals surface area contributed by atoms with E-state index in [2.05, 4.69) is 57.0 Å². The maximum absolute atomic E-state index is 11.8. The molecule has 22 heavy (non-hydrogen) atoms. The van der Waals surface area contributed by atoms with Gasteiger partial charge in [0.15, 0.2) is 0 Å². The van der Waals surface area contributed by atoms with Crippen molar-refractivity contribution in [2.24, 2.45) is 0 Å². The molecule has 124 valence electrons. The van der Waals surface area contributed by atoms with Crippen LogP contribution < -0.4 is 24.0 Å². The van der Waals surface area contributed by atoms with Gasteiger partial charge in [-0.05, 0) is 0 Å². The lowest BCUT2D eigenvalue weighted by molar-refractivity contribution is -0.934. The Kier molecular flexibility index (Phi) is 6.65. The van der Waals surface area contributed by atoms with Crippen LogP contribution in [0.15, 0.2) is 30.3 Å². The summed E-state index contributed by atoms with van der Waals surface area (Å²) in [6.45, 7) is 11.8. The van der Waals surface area contributed by atoms with Gasteiger partial charge in [0.25, 0.3) is 0 Å². The fraction of sp³-hybridized carbons (Fsp3) is 0.588. The second-order valence-electron chi connectivity index (χ2n) is 7.81. The number of amides is 1. The summed E-state index contributed by atoms with van der Waals surface area (Å²) >= 11 is 0. The van der Waals surface area contributed by atoms with Gasteiger partial charge in [-0.15, -0.1) is 0 Å². The van der Waals surface area contributed by atoms with E-state index in [-0.39, 0.29) is 29.9 Å². The molecular weight excluding hydrogens is 403 g/mol. The first-order valence-corrected chi connectivity index (χ1v) is 11.6. The zero-order valence-corrected chi connectivity index (χ0v) is 17.6. The van der Waals surface area contributed by atoms with Crippen molar-refractivity contribution in [2.45, 2.75) is 32.6 Å². The van der Waals surface area contributed by atoms with Gasteiger partial charge in [-0.25, -0.2) is 0 Å². The van der Waals surface area contributed by atoms with E-state index in [9.17, 15) is 4.79 Å². The number of benzene rings is 1. The van der Waals surface area contributed by atoms with Crippen LogP contribution in [-0.2, 0) is 4.79 Å². The summed E-state index contributed by atoms with van der Waals surface area (Å²) in [5.74, 6) is 0.204. The summed E-state index contributed by atoms with van der Waals surface area (Å²) in [5, 5.41) is 0. The Morgan fingerprint density at radius 3 is 2.36 bits per heavy atom. The van der Waals surface area contributed by atoms with Gasteiger partial charge in [0.1, 0.15) is 14.1 Å². The van der Waals surface area contributed by atoms with Crippen LogP contribution in [0.1, 0.15) is 18.5 Å². The topological polar surface area (TPSA) is 20.3 Å². The van der Waals surface area contributed by atoms with E-state index in [0.29, 0.717) is 6.04 Å². The smallest absolute Gasteiger partial charge is 0.219 e. The van der Waals surface area contributed by atoms with E-state index in [1.165, 1.54) is 11.7 Å². The zero-order valence-electron chi connectivity index (χ0n) is 14.5. The number of halogens is 1. The molecular formula is C17H29IN2OSi. The first-order chi connectivity index (χ1) is 9.71. The molecule has 1 saturated heterocycles. The molecule has 1 fully saturated rings. The standard InChI is InChI=1S/C17H29N2OSi.HI/c1-15(20)18-11-12-19(2,14-21(3,4)5)17(13-18)16-9-7-6-8-10-16;/h6-10,17H,11-14H2,1-5H3;1H/q+1;/p-1. The Morgan fingerprint density at radius 2 is 1.86 bits per heavy atom. The first-order valence-electron chi connectivity index (χ1n) is 7.86. The number of likely N-dealkylation sites (N-methyl/N-ethyl adjacent to an activating group) is 1. The normalized spacial score (nSPS) is 25.5. The number of rotatable bonds is 3. The molecule has 2 rings (SSSR count). The molecule has 0 N–H and O–H groups in total. The fourth-order valence-electron chi connectivity index (χ4n) is 3.70. The van der Waals surface area contributed by atoms with Gasteiger partial charge in [-0.2, -0.15) is 0 Å². The van der Waals surface area contributed by atoms with Crippen LogP contribution in [0.3, 0.4) is 0 Å². The number of nitrogens with zero attached hydrogens (tertiary/aromatic N) is 2. The molecule has 1 aromatic rings. The van der Waals surface area contributed by atoms with Gasteiger partial charge in [0.2, 0.25) is 5.91 Å². The van der Waals surface area contributed by atoms with Crippen LogP contribution in [0.2, 0.25) is 19.6 Å². The summed E-state index contributed by atoms with van der Waals surface area (Å²) in [5.41, 5.74) is 1.37. The molecule has 3 nitrogen and oxygen atoms in total. The van der Waals surface area contributed by atoms with E-state index >= 15 is 0 Å². The molecule has 0 bridgehead atoms. The fourth-order valence-corrected chi connectivity index (χ4v) is 6.25. The average molecular weight is 432 g/mol. The molecule has 1 heterocycles. The van der Waals surface area contributed by atoms with E-state index in [1.807, 2.05) is 4.90 Å². The molecule has 1 amide bonds. The number of hydrogen-bond acceptors (Lipinski definition) is 1. The second-order valence-corrected chi connectivity index (χ2v) is 13.3. The molecule has 1 aliphatic heterocycles. The van der Waals surface area contributed by atoms with Crippen LogP contribution in [0.5, 0.6) is 0 Å². The van der Waals surface area contributed by atoms with Crippen molar-refractivity contribution in [2.75, 3.05) is 32.8 Å².